The number of carboxylic acid groups (broad SMARTS) is 1. The average Bonchev–Trinajstić information content (AvgIpc) is 3.36. The Labute approximate surface area is 199 Å². The average molecular weight is 497 g/mol. The second-order valence-corrected chi connectivity index (χ2v) is 8.33. The highest BCUT2D eigenvalue weighted by molar-refractivity contribution is 7.08. The maximum atomic E-state index is 15.0. The first-order valence-corrected chi connectivity index (χ1v) is 11.0. The highest BCUT2D eigenvalue weighted by Gasteiger charge is 2.32. The van der Waals surface area contributed by atoms with Gasteiger partial charge >= 0.3 is 5.97 Å². The first kappa shape index (κ1) is 22.3. The summed E-state index contributed by atoms with van der Waals surface area (Å²) in [5.41, 5.74) is -1.17. The number of anilines is 1. The molecule has 0 unspecified atom stereocenters. The van der Waals surface area contributed by atoms with Gasteiger partial charge in [-0.05, 0) is 12.1 Å². The number of amides is 1. The van der Waals surface area contributed by atoms with Crippen LogP contribution in [0.2, 0.25) is 0 Å². The van der Waals surface area contributed by atoms with E-state index in [4.69, 9.17) is 4.74 Å². The number of methoxy groups -OCH3 is 1. The van der Waals surface area contributed by atoms with Crippen molar-refractivity contribution in [2.24, 2.45) is 0 Å². The van der Waals surface area contributed by atoms with Crippen molar-refractivity contribution in [1.82, 2.24) is 29.2 Å². The van der Waals surface area contributed by atoms with Crippen LogP contribution in [0.1, 0.15) is 20.8 Å². The fourth-order valence-corrected chi connectivity index (χ4v) is 4.17. The second-order valence-electron chi connectivity index (χ2n) is 7.58. The van der Waals surface area contributed by atoms with Crippen molar-refractivity contribution in [1.29, 1.82) is 0 Å². The predicted octanol–water partition coefficient (Wildman–Crippen LogP) is 1.10. The molecule has 0 saturated carbocycles. The zero-order chi connectivity index (χ0) is 24.7. The lowest BCUT2D eigenvalue weighted by atomic mass is 10.1. The van der Waals surface area contributed by atoms with Crippen LogP contribution in [0.5, 0.6) is 5.88 Å². The van der Waals surface area contributed by atoms with E-state index in [0.29, 0.717) is 5.88 Å². The van der Waals surface area contributed by atoms with Gasteiger partial charge in [0.05, 0.1) is 18.5 Å². The third-order valence-corrected chi connectivity index (χ3v) is 6.05. The molecular weight excluding hydrogens is 481 g/mol. The van der Waals surface area contributed by atoms with Gasteiger partial charge in [-0.2, -0.15) is 4.37 Å². The third kappa shape index (κ3) is 4.03. The van der Waals surface area contributed by atoms with E-state index in [9.17, 15) is 23.9 Å². The number of hydrogen-bond donors (Lipinski definition) is 2. The Morgan fingerprint density at radius 2 is 2.09 bits per heavy atom. The summed E-state index contributed by atoms with van der Waals surface area (Å²) in [6.45, 7) is 0.531. The van der Waals surface area contributed by atoms with Crippen LogP contribution in [0, 0.1) is 5.82 Å². The monoisotopic (exact) mass is 497 g/mol. The number of aromatic carboxylic acids is 1. The van der Waals surface area contributed by atoms with E-state index in [1.807, 2.05) is 0 Å². The number of halogens is 1. The summed E-state index contributed by atoms with van der Waals surface area (Å²) in [6, 6.07) is 5.51. The number of pyridine rings is 3. The molecule has 1 saturated heterocycles. The summed E-state index contributed by atoms with van der Waals surface area (Å²) >= 11 is 0.960. The number of nitrogens with zero attached hydrogens (tertiary/aromatic N) is 6. The Morgan fingerprint density at radius 1 is 1.29 bits per heavy atom. The molecule has 5 heterocycles. The van der Waals surface area contributed by atoms with Crippen LogP contribution in [0.3, 0.4) is 0 Å². The van der Waals surface area contributed by atoms with Crippen molar-refractivity contribution < 1.29 is 23.8 Å². The molecule has 0 radical (unpaired) electrons. The van der Waals surface area contributed by atoms with Gasteiger partial charge in [0.25, 0.3) is 5.91 Å². The first-order chi connectivity index (χ1) is 16.9. The van der Waals surface area contributed by atoms with E-state index in [-0.39, 0.29) is 46.8 Å². The van der Waals surface area contributed by atoms with Crippen LogP contribution in [0.4, 0.5) is 10.2 Å². The minimum atomic E-state index is -1.45. The van der Waals surface area contributed by atoms with E-state index in [1.54, 1.807) is 23.1 Å². The lowest BCUT2D eigenvalue weighted by Crippen LogP contribution is -2.60. The maximum absolute atomic E-state index is 15.0. The lowest BCUT2D eigenvalue weighted by Gasteiger charge is -2.40. The number of nitrogens with one attached hydrogen (secondary N) is 1. The molecule has 2 N–H and O–H groups in total. The molecule has 1 fully saturated rings. The largest absolute Gasteiger partial charge is 0.481 e. The Kier molecular flexibility index (Phi) is 5.56. The summed E-state index contributed by atoms with van der Waals surface area (Å²) in [7, 11) is 1.45. The fraction of sp³-hybridized carbons (Fsp3) is 0.190. The zero-order valence-electron chi connectivity index (χ0n) is 18.0. The summed E-state index contributed by atoms with van der Waals surface area (Å²) in [6.07, 6.45) is 2.37. The normalized spacial score (nSPS) is 13.5. The van der Waals surface area contributed by atoms with Gasteiger partial charge in [-0.1, -0.05) is 6.07 Å². The molecule has 0 aliphatic carbocycles. The van der Waals surface area contributed by atoms with Crippen LogP contribution in [0.15, 0.2) is 41.6 Å². The molecule has 0 spiro atoms. The lowest BCUT2D eigenvalue weighted by molar-refractivity contribution is 0.0694. The van der Waals surface area contributed by atoms with E-state index < -0.39 is 28.7 Å². The van der Waals surface area contributed by atoms with Crippen molar-refractivity contribution in [3.8, 4) is 11.0 Å². The number of carbonyl (C=O) groups excluding carboxylic acids is 1. The number of carboxylic acids is 1. The van der Waals surface area contributed by atoms with Crippen molar-refractivity contribution in [3.05, 3.63) is 64.1 Å². The maximum Gasteiger partial charge on any atom is 0.341 e. The van der Waals surface area contributed by atoms with Crippen molar-refractivity contribution in [3.63, 3.8) is 0 Å². The van der Waals surface area contributed by atoms with Gasteiger partial charge in [-0.25, -0.2) is 24.1 Å². The number of ether oxygens (including phenoxy) is 1. The smallest absolute Gasteiger partial charge is 0.341 e. The van der Waals surface area contributed by atoms with Crippen LogP contribution >= 0.6 is 11.5 Å². The molecule has 1 aliphatic rings. The summed E-state index contributed by atoms with van der Waals surface area (Å²) in [5.74, 6) is -2.37. The van der Waals surface area contributed by atoms with Crippen LogP contribution in [0.25, 0.3) is 16.2 Å². The van der Waals surface area contributed by atoms with Crippen LogP contribution in [-0.4, -0.2) is 67.1 Å². The second kappa shape index (κ2) is 8.72. The number of carbonyl (C=O) groups is 2. The topological polar surface area (TPSA) is 152 Å². The van der Waals surface area contributed by atoms with E-state index >= 15 is 0 Å². The van der Waals surface area contributed by atoms with Crippen LogP contribution < -0.4 is 20.4 Å². The summed E-state index contributed by atoms with van der Waals surface area (Å²) in [5, 5.41) is 12.3. The van der Waals surface area contributed by atoms with Crippen LogP contribution in [-0.2, 0) is 0 Å². The van der Waals surface area contributed by atoms with Gasteiger partial charge < -0.3 is 20.1 Å². The van der Waals surface area contributed by atoms with Crippen molar-refractivity contribution in [2.45, 2.75) is 6.04 Å². The molecule has 4 aromatic rings. The number of rotatable bonds is 6. The molecule has 14 heteroatoms. The Bertz CT molecular complexity index is 1520. The number of fused-ring (bicyclic) bond motifs is 1. The van der Waals surface area contributed by atoms with Gasteiger partial charge in [0, 0.05) is 36.9 Å². The van der Waals surface area contributed by atoms with Gasteiger partial charge in [0.2, 0.25) is 16.4 Å². The molecule has 1 aliphatic heterocycles. The molecule has 4 aromatic heterocycles. The van der Waals surface area contributed by atoms with Crippen molar-refractivity contribution >= 4 is 40.3 Å². The fourth-order valence-electron chi connectivity index (χ4n) is 3.66. The quantitative estimate of drug-likeness (QED) is 0.396. The van der Waals surface area contributed by atoms with Crippen molar-refractivity contribution in [2.75, 3.05) is 25.1 Å². The minimum absolute atomic E-state index is 0.0387. The van der Waals surface area contributed by atoms with E-state index in [1.165, 1.54) is 18.0 Å². The van der Waals surface area contributed by atoms with Gasteiger partial charge in [0.15, 0.2) is 17.3 Å². The molecule has 0 atom stereocenters. The molecule has 0 aromatic carbocycles. The minimum Gasteiger partial charge on any atom is -0.481 e. The summed E-state index contributed by atoms with van der Waals surface area (Å²) < 4.78 is 25.2. The van der Waals surface area contributed by atoms with Gasteiger partial charge in [-0.15, -0.1) is 0 Å². The Balaban J connectivity index is 1.43. The molecule has 178 valence electrons. The molecule has 35 heavy (non-hydrogen) atoms. The Morgan fingerprint density at radius 3 is 2.77 bits per heavy atom. The number of aromatic nitrogens is 5. The third-order valence-electron chi connectivity index (χ3n) is 5.38. The highest BCUT2D eigenvalue weighted by atomic mass is 32.1. The number of hydrogen-bond acceptors (Lipinski definition) is 10. The SMILES string of the molecule is COc1cccc(C(=O)NC2CN(c3nc4c(cc3F)c(=O)c(C(=O)O)cn4-c3ncns3)C2)n1. The molecule has 0 bridgehead atoms. The predicted molar refractivity (Wildman–Crippen MR) is 122 cm³/mol. The van der Waals surface area contributed by atoms with Gasteiger partial charge in [-0.3, -0.25) is 14.2 Å². The first-order valence-electron chi connectivity index (χ1n) is 10.2. The zero-order valence-corrected chi connectivity index (χ0v) is 18.8. The Hall–Kier alpha value is -4.46. The van der Waals surface area contributed by atoms with E-state index in [0.717, 1.165) is 23.8 Å². The molecule has 1 amide bonds. The van der Waals surface area contributed by atoms with E-state index in [2.05, 4.69) is 24.6 Å². The standard InChI is InChI=1S/C21H16FN7O5S/c1-34-15-4-2-3-14(26-15)19(31)25-10-6-28(7-10)18-13(22)5-11-16(30)12(20(32)33)8-29(17(11)27-18)21-23-9-24-35-21/h2-5,8-10H,6-7H2,1H3,(H,25,31)(H,32,33). The summed E-state index contributed by atoms with van der Waals surface area (Å²) in [4.78, 5) is 50.7. The highest BCUT2D eigenvalue weighted by Crippen LogP contribution is 2.27. The molecule has 12 nitrogen and oxygen atoms in total. The molecular formula is C21H16FN7O5S. The van der Waals surface area contributed by atoms with Gasteiger partial charge in [0.1, 0.15) is 17.6 Å². The molecule has 5 rings (SSSR count).